The van der Waals surface area contributed by atoms with Gasteiger partial charge in [-0.25, -0.2) is 0 Å². The molecule has 2 fully saturated rings. The molecule has 0 radical (unpaired) electrons. The fourth-order valence-corrected chi connectivity index (χ4v) is 2.68. The van der Waals surface area contributed by atoms with E-state index in [1.54, 1.807) is 0 Å². The summed E-state index contributed by atoms with van der Waals surface area (Å²) in [6.07, 6.45) is 7.39. The average molecular weight is 181 g/mol. The molecular weight excluding hydrogens is 158 g/mol. The summed E-state index contributed by atoms with van der Waals surface area (Å²) in [6, 6.07) is 0. The smallest absolute Gasteiger partial charge is 0.000815 e. The molecule has 1 heterocycles. The third-order valence-corrected chi connectivity index (χ3v) is 3.99. The highest BCUT2D eigenvalue weighted by Crippen LogP contribution is 2.40. The molecule has 0 spiro atoms. The molecule has 1 saturated carbocycles. The molecule has 1 aliphatic heterocycles. The highest BCUT2D eigenvalue weighted by atomic mass is 14.9. The van der Waals surface area contributed by atoms with Crippen molar-refractivity contribution in [3.63, 3.8) is 0 Å². The Hall–Kier alpha value is -0.0400. The molecule has 0 unspecified atom stereocenters. The van der Waals surface area contributed by atoms with Crippen LogP contribution in [0.2, 0.25) is 0 Å². The molecule has 1 saturated heterocycles. The average Bonchev–Trinajstić information content (AvgIpc) is 1.99. The van der Waals surface area contributed by atoms with Crippen molar-refractivity contribution in [3.8, 4) is 0 Å². The van der Waals surface area contributed by atoms with Gasteiger partial charge >= 0.3 is 0 Å². The van der Waals surface area contributed by atoms with E-state index < -0.39 is 0 Å². The summed E-state index contributed by atoms with van der Waals surface area (Å²) in [5.74, 6) is 2.08. The van der Waals surface area contributed by atoms with Crippen LogP contribution in [0.1, 0.15) is 46.0 Å². The largest absolute Gasteiger partial charge is 0.316 e. The molecule has 0 aromatic carbocycles. The van der Waals surface area contributed by atoms with E-state index in [1.807, 2.05) is 0 Å². The van der Waals surface area contributed by atoms with Gasteiger partial charge in [-0.3, -0.25) is 0 Å². The molecule has 1 aliphatic carbocycles. The maximum absolute atomic E-state index is 3.37. The van der Waals surface area contributed by atoms with E-state index in [0.717, 1.165) is 11.8 Å². The standard InChI is InChI=1S/C12H23N/c1-12(2)5-3-10(4-6-12)7-11-8-13-9-11/h10-11,13H,3-9H2,1-2H3. The Morgan fingerprint density at radius 1 is 1.08 bits per heavy atom. The molecule has 1 heteroatoms. The monoisotopic (exact) mass is 181 g/mol. The summed E-state index contributed by atoms with van der Waals surface area (Å²) >= 11 is 0. The summed E-state index contributed by atoms with van der Waals surface area (Å²) < 4.78 is 0. The molecule has 1 N–H and O–H groups in total. The van der Waals surface area contributed by atoms with E-state index in [2.05, 4.69) is 19.2 Å². The van der Waals surface area contributed by atoms with Gasteiger partial charge in [0.05, 0.1) is 0 Å². The van der Waals surface area contributed by atoms with E-state index in [-0.39, 0.29) is 0 Å². The van der Waals surface area contributed by atoms with E-state index in [4.69, 9.17) is 0 Å². The highest BCUT2D eigenvalue weighted by molar-refractivity contribution is 4.83. The fraction of sp³-hybridized carbons (Fsp3) is 1.00. The maximum atomic E-state index is 3.37. The van der Waals surface area contributed by atoms with Gasteiger partial charge in [0.2, 0.25) is 0 Å². The first-order valence-corrected chi connectivity index (χ1v) is 5.86. The predicted octanol–water partition coefficient (Wildman–Crippen LogP) is 2.81. The van der Waals surface area contributed by atoms with Crippen molar-refractivity contribution in [2.24, 2.45) is 17.3 Å². The van der Waals surface area contributed by atoms with Crippen LogP contribution in [0.3, 0.4) is 0 Å². The third kappa shape index (κ3) is 2.46. The Kier molecular flexibility index (Phi) is 2.64. The predicted molar refractivity (Wildman–Crippen MR) is 56.7 cm³/mol. The zero-order valence-electron chi connectivity index (χ0n) is 9.10. The summed E-state index contributed by atoms with van der Waals surface area (Å²) in [6.45, 7) is 7.43. The lowest BCUT2D eigenvalue weighted by Crippen LogP contribution is -2.43. The van der Waals surface area contributed by atoms with Gasteiger partial charge in [-0.1, -0.05) is 13.8 Å². The first kappa shape index (κ1) is 9.51. The lowest BCUT2D eigenvalue weighted by Gasteiger charge is -2.37. The van der Waals surface area contributed by atoms with E-state index in [0.29, 0.717) is 5.41 Å². The molecule has 13 heavy (non-hydrogen) atoms. The highest BCUT2D eigenvalue weighted by Gasteiger charge is 2.29. The van der Waals surface area contributed by atoms with Gasteiger partial charge in [0.1, 0.15) is 0 Å². The molecule has 2 aliphatic rings. The molecule has 1 nitrogen and oxygen atoms in total. The Morgan fingerprint density at radius 2 is 1.69 bits per heavy atom. The van der Waals surface area contributed by atoms with Gasteiger partial charge in [0, 0.05) is 0 Å². The minimum absolute atomic E-state index is 0.647. The van der Waals surface area contributed by atoms with E-state index in [9.17, 15) is 0 Å². The number of nitrogens with one attached hydrogen (secondary N) is 1. The molecule has 76 valence electrons. The second kappa shape index (κ2) is 3.61. The zero-order valence-corrected chi connectivity index (χ0v) is 9.10. The topological polar surface area (TPSA) is 12.0 Å². The summed E-state index contributed by atoms with van der Waals surface area (Å²) in [5.41, 5.74) is 0.647. The second-order valence-electron chi connectivity index (χ2n) is 5.87. The van der Waals surface area contributed by atoms with Crippen molar-refractivity contribution >= 4 is 0 Å². The van der Waals surface area contributed by atoms with Crippen molar-refractivity contribution in [2.75, 3.05) is 13.1 Å². The van der Waals surface area contributed by atoms with Crippen LogP contribution in [0.5, 0.6) is 0 Å². The van der Waals surface area contributed by atoms with Crippen molar-refractivity contribution in [1.29, 1.82) is 0 Å². The van der Waals surface area contributed by atoms with Gasteiger partial charge in [-0.2, -0.15) is 0 Å². The van der Waals surface area contributed by atoms with Gasteiger partial charge in [-0.15, -0.1) is 0 Å². The van der Waals surface area contributed by atoms with Crippen molar-refractivity contribution < 1.29 is 0 Å². The first-order chi connectivity index (χ1) is 6.16. The van der Waals surface area contributed by atoms with Gasteiger partial charge in [0.25, 0.3) is 0 Å². The van der Waals surface area contributed by atoms with Crippen molar-refractivity contribution in [2.45, 2.75) is 46.0 Å². The van der Waals surface area contributed by atoms with Crippen molar-refractivity contribution in [1.82, 2.24) is 5.32 Å². The van der Waals surface area contributed by atoms with Crippen LogP contribution in [0.15, 0.2) is 0 Å². The molecule has 0 amide bonds. The normalized spacial score (nSPS) is 30.0. The van der Waals surface area contributed by atoms with Crippen LogP contribution in [0, 0.1) is 17.3 Å². The number of hydrogen-bond acceptors (Lipinski definition) is 1. The van der Waals surface area contributed by atoms with Gasteiger partial charge in [-0.05, 0) is 62.4 Å². The molecule has 2 rings (SSSR count). The van der Waals surface area contributed by atoms with Crippen LogP contribution in [0.25, 0.3) is 0 Å². The SMILES string of the molecule is CC1(C)CCC(CC2CNC2)CC1. The van der Waals surface area contributed by atoms with Crippen LogP contribution in [-0.2, 0) is 0 Å². The Balaban J connectivity index is 1.71. The first-order valence-electron chi connectivity index (χ1n) is 5.86. The van der Waals surface area contributed by atoms with Gasteiger partial charge < -0.3 is 5.32 Å². The molecule has 0 atom stereocenters. The van der Waals surface area contributed by atoms with Crippen LogP contribution in [-0.4, -0.2) is 13.1 Å². The molecule has 0 aromatic heterocycles. The third-order valence-electron chi connectivity index (χ3n) is 3.99. The van der Waals surface area contributed by atoms with Crippen LogP contribution < -0.4 is 5.32 Å². The second-order valence-corrected chi connectivity index (χ2v) is 5.87. The Bertz CT molecular complexity index is 160. The fourth-order valence-electron chi connectivity index (χ4n) is 2.68. The van der Waals surface area contributed by atoms with E-state index in [1.165, 1.54) is 45.2 Å². The quantitative estimate of drug-likeness (QED) is 0.690. The minimum atomic E-state index is 0.647. The summed E-state index contributed by atoms with van der Waals surface area (Å²) in [5, 5.41) is 3.37. The zero-order chi connectivity index (χ0) is 9.31. The summed E-state index contributed by atoms with van der Waals surface area (Å²) in [7, 11) is 0. The summed E-state index contributed by atoms with van der Waals surface area (Å²) in [4.78, 5) is 0. The Morgan fingerprint density at radius 3 is 2.15 bits per heavy atom. The van der Waals surface area contributed by atoms with Crippen molar-refractivity contribution in [3.05, 3.63) is 0 Å². The van der Waals surface area contributed by atoms with E-state index >= 15 is 0 Å². The minimum Gasteiger partial charge on any atom is -0.316 e. The van der Waals surface area contributed by atoms with Crippen LogP contribution in [0.4, 0.5) is 0 Å². The lowest BCUT2D eigenvalue weighted by atomic mass is 9.70. The number of rotatable bonds is 2. The lowest BCUT2D eigenvalue weighted by molar-refractivity contribution is 0.157. The number of hydrogen-bond donors (Lipinski definition) is 1. The molecule has 0 bridgehead atoms. The molecular formula is C12H23N. The van der Waals surface area contributed by atoms with Gasteiger partial charge in [0.15, 0.2) is 0 Å². The Labute approximate surface area is 82.3 Å². The maximum Gasteiger partial charge on any atom is -0.000815 e. The van der Waals surface area contributed by atoms with Crippen LogP contribution >= 0.6 is 0 Å². The molecule has 0 aromatic rings.